The van der Waals surface area contributed by atoms with Gasteiger partial charge in [-0.1, -0.05) is 30.3 Å². The molecule has 1 N–H and O–H groups in total. The summed E-state index contributed by atoms with van der Waals surface area (Å²) in [5.41, 5.74) is 1.56. The summed E-state index contributed by atoms with van der Waals surface area (Å²) in [5.74, 6) is -0.591. The molecule has 1 atom stereocenters. The van der Waals surface area contributed by atoms with Crippen molar-refractivity contribution in [2.75, 3.05) is 7.11 Å². The molecular formula is C16H18N2O3S. The van der Waals surface area contributed by atoms with Gasteiger partial charge in [-0.2, -0.15) is 0 Å². The maximum atomic E-state index is 12.4. The number of esters is 1. The van der Waals surface area contributed by atoms with Crippen molar-refractivity contribution in [3.05, 3.63) is 51.5 Å². The summed E-state index contributed by atoms with van der Waals surface area (Å²) < 4.78 is 4.72. The average Bonchev–Trinajstić information content (AvgIpc) is 2.86. The molecule has 0 fully saturated rings. The predicted molar refractivity (Wildman–Crippen MR) is 84.9 cm³/mol. The van der Waals surface area contributed by atoms with Crippen molar-refractivity contribution in [1.29, 1.82) is 0 Å². The van der Waals surface area contributed by atoms with E-state index in [1.165, 1.54) is 18.4 Å². The Morgan fingerprint density at radius 3 is 2.50 bits per heavy atom. The van der Waals surface area contributed by atoms with Gasteiger partial charge in [0.25, 0.3) is 5.91 Å². The maximum Gasteiger partial charge on any atom is 0.307 e. The van der Waals surface area contributed by atoms with Crippen molar-refractivity contribution in [3.63, 3.8) is 0 Å². The summed E-state index contributed by atoms with van der Waals surface area (Å²) in [5, 5.41) is 3.74. The van der Waals surface area contributed by atoms with Crippen LogP contribution in [0.4, 0.5) is 0 Å². The number of carbonyl (C=O) groups excluding carboxylic acids is 2. The van der Waals surface area contributed by atoms with Crippen LogP contribution in [0.25, 0.3) is 0 Å². The molecule has 0 bridgehead atoms. The summed E-state index contributed by atoms with van der Waals surface area (Å²) >= 11 is 1.34. The number of rotatable bonds is 5. The van der Waals surface area contributed by atoms with E-state index >= 15 is 0 Å². The van der Waals surface area contributed by atoms with Gasteiger partial charge in [0, 0.05) is 0 Å². The molecule has 0 radical (unpaired) electrons. The Balaban J connectivity index is 2.21. The Labute approximate surface area is 133 Å². The summed E-state index contributed by atoms with van der Waals surface area (Å²) in [4.78, 5) is 28.9. The number of nitrogens with zero attached hydrogens (tertiary/aromatic N) is 1. The number of methoxy groups -OCH3 is 1. The molecule has 0 aliphatic heterocycles. The first-order valence-electron chi connectivity index (χ1n) is 6.88. The Kier molecular flexibility index (Phi) is 5.27. The largest absolute Gasteiger partial charge is 0.469 e. The number of hydrogen-bond donors (Lipinski definition) is 1. The van der Waals surface area contributed by atoms with E-state index in [9.17, 15) is 9.59 Å². The number of carbonyl (C=O) groups is 2. The van der Waals surface area contributed by atoms with Gasteiger partial charge in [-0.05, 0) is 19.4 Å². The molecule has 116 valence electrons. The normalized spacial score (nSPS) is 11.8. The fraction of sp³-hybridized carbons (Fsp3) is 0.312. The smallest absolute Gasteiger partial charge is 0.307 e. The number of aryl methyl sites for hydroxylation is 2. The molecule has 2 rings (SSSR count). The lowest BCUT2D eigenvalue weighted by Crippen LogP contribution is -2.30. The highest BCUT2D eigenvalue weighted by molar-refractivity contribution is 7.13. The van der Waals surface area contributed by atoms with E-state index in [-0.39, 0.29) is 18.3 Å². The standard InChI is InChI=1S/C16H18N2O3S/c1-10-15(22-11(2)17-10)16(20)18-13(9-14(19)21-3)12-7-5-4-6-8-12/h4-8,13H,9H2,1-3H3,(H,18,20)/t13-/m1/s1. The van der Waals surface area contributed by atoms with Crippen molar-refractivity contribution >= 4 is 23.2 Å². The Morgan fingerprint density at radius 2 is 1.95 bits per heavy atom. The molecular weight excluding hydrogens is 300 g/mol. The quantitative estimate of drug-likeness (QED) is 0.861. The van der Waals surface area contributed by atoms with Crippen LogP contribution in [0.2, 0.25) is 0 Å². The lowest BCUT2D eigenvalue weighted by molar-refractivity contribution is -0.141. The predicted octanol–water partition coefficient (Wildman–Crippen LogP) is 2.79. The van der Waals surface area contributed by atoms with Crippen LogP contribution in [0.3, 0.4) is 0 Å². The topological polar surface area (TPSA) is 68.3 Å². The summed E-state index contributed by atoms with van der Waals surface area (Å²) in [6.07, 6.45) is 0.0864. The minimum atomic E-state index is -0.428. The Bertz CT molecular complexity index is 667. The van der Waals surface area contributed by atoms with Crippen LogP contribution in [0.15, 0.2) is 30.3 Å². The zero-order chi connectivity index (χ0) is 16.1. The Hall–Kier alpha value is -2.21. The molecule has 0 aliphatic rings. The van der Waals surface area contributed by atoms with Gasteiger partial charge in [0.15, 0.2) is 0 Å². The highest BCUT2D eigenvalue weighted by Gasteiger charge is 2.21. The highest BCUT2D eigenvalue weighted by atomic mass is 32.1. The number of amides is 1. The van der Waals surface area contributed by atoms with Crippen LogP contribution in [0, 0.1) is 13.8 Å². The van der Waals surface area contributed by atoms with Crippen LogP contribution in [0.1, 0.15) is 38.4 Å². The molecule has 1 aromatic carbocycles. The second-order valence-corrected chi connectivity index (χ2v) is 6.07. The summed E-state index contributed by atoms with van der Waals surface area (Å²) in [6, 6.07) is 8.94. The van der Waals surface area contributed by atoms with Crippen molar-refractivity contribution in [1.82, 2.24) is 10.3 Å². The van der Waals surface area contributed by atoms with Gasteiger partial charge in [0.1, 0.15) is 4.88 Å². The SMILES string of the molecule is COC(=O)C[C@@H](NC(=O)c1sc(C)nc1C)c1ccccc1. The fourth-order valence-electron chi connectivity index (χ4n) is 2.15. The summed E-state index contributed by atoms with van der Waals surface area (Å²) in [7, 11) is 1.34. The first kappa shape index (κ1) is 16.2. The van der Waals surface area contributed by atoms with Crippen molar-refractivity contribution in [2.45, 2.75) is 26.3 Å². The fourth-order valence-corrected chi connectivity index (χ4v) is 2.98. The van der Waals surface area contributed by atoms with E-state index in [1.807, 2.05) is 37.3 Å². The van der Waals surface area contributed by atoms with E-state index in [4.69, 9.17) is 4.74 Å². The Morgan fingerprint density at radius 1 is 1.27 bits per heavy atom. The van der Waals surface area contributed by atoms with E-state index in [0.29, 0.717) is 10.6 Å². The second kappa shape index (κ2) is 7.17. The number of aromatic nitrogens is 1. The second-order valence-electron chi connectivity index (χ2n) is 4.86. The van der Waals surface area contributed by atoms with Gasteiger partial charge in [-0.25, -0.2) is 4.98 Å². The highest BCUT2D eigenvalue weighted by Crippen LogP contribution is 2.21. The van der Waals surface area contributed by atoms with Crippen LogP contribution in [0.5, 0.6) is 0 Å². The molecule has 5 nitrogen and oxygen atoms in total. The molecule has 0 spiro atoms. The van der Waals surface area contributed by atoms with Gasteiger partial charge < -0.3 is 10.1 Å². The van der Waals surface area contributed by atoms with E-state index in [2.05, 4.69) is 10.3 Å². The minimum Gasteiger partial charge on any atom is -0.469 e. The number of thiazole rings is 1. The molecule has 0 saturated carbocycles. The first-order chi connectivity index (χ1) is 10.5. The van der Waals surface area contributed by atoms with Crippen LogP contribution < -0.4 is 5.32 Å². The van der Waals surface area contributed by atoms with Crippen molar-refractivity contribution in [3.8, 4) is 0 Å². The van der Waals surface area contributed by atoms with Gasteiger partial charge in [-0.15, -0.1) is 11.3 Å². The molecule has 2 aromatic rings. The lowest BCUT2D eigenvalue weighted by atomic mass is 10.0. The van der Waals surface area contributed by atoms with E-state index < -0.39 is 6.04 Å². The molecule has 0 saturated heterocycles. The first-order valence-corrected chi connectivity index (χ1v) is 7.69. The molecule has 0 unspecified atom stereocenters. The van der Waals surface area contributed by atoms with Gasteiger partial charge >= 0.3 is 5.97 Å². The lowest BCUT2D eigenvalue weighted by Gasteiger charge is -2.18. The number of hydrogen-bond acceptors (Lipinski definition) is 5. The van der Waals surface area contributed by atoms with Crippen molar-refractivity contribution in [2.24, 2.45) is 0 Å². The zero-order valence-electron chi connectivity index (χ0n) is 12.8. The molecule has 1 aromatic heterocycles. The third-order valence-corrected chi connectivity index (χ3v) is 4.29. The van der Waals surface area contributed by atoms with E-state index in [0.717, 1.165) is 10.6 Å². The molecule has 1 heterocycles. The molecule has 6 heteroatoms. The average molecular weight is 318 g/mol. The van der Waals surface area contributed by atoms with E-state index in [1.54, 1.807) is 6.92 Å². The van der Waals surface area contributed by atoms with Crippen LogP contribution in [-0.4, -0.2) is 24.0 Å². The van der Waals surface area contributed by atoms with Gasteiger partial charge in [0.05, 0.1) is 30.3 Å². The van der Waals surface area contributed by atoms with Gasteiger partial charge in [-0.3, -0.25) is 9.59 Å². The number of benzene rings is 1. The maximum absolute atomic E-state index is 12.4. The van der Waals surface area contributed by atoms with Gasteiger partial charge in [0.2, 0.25) is 0 Å². The number of nitrogens with one attached hydrogen (secondary N) is 1. The van der Waals surface area contributed by atoms with Crippen LogP contribution in [-0.2, 0) is 9.53 Å². The minimum absolute atomic E-state index is 0.0864. The molecule has 22 heavy (non-hydrogen) atoms. The number of ether oxygens (including phenoxy) is 1. The molecule has 1 amide bonds. The third-order valence-electron chi connectivity index (χ3n) is 3.22. The monoisotopic (exact) mass is 318 g/mol. The third kappa shape index (κ3) is 3.92. The zero-order valence-corrected chi connectivity index (χ0v) is 13.6. The van der Waals surface area contributed by atoms with Crippen LogP contribution >= 0.6 is 11.3 Å². The van der Waals surface area contributed by atoms with Crippen molar-refractivity contribution < 1.29 is 14.3 Å². The summed E-state index contributed by atoms with van der Waals surface area (Å²) in [6.45, 7) is 3.66. The molecule has 0 aliphatic carbocycles.